The molecule has 0 saturated carbocycles. The monoisotopic (exact) mass is 644 g/mol. The molecule has 12 nitrogen and oxygen atoms in total. The molecule has 7 rings (SSSR count). The predicted octanol–water partition coefficient (Wildman–Crippen LogP) is 3.77. The Kier molecular flexibility index (Phi) is 8.40. The van der Waals surface area contributed by atoms with Gasteiger partial charge in [-0.2, -0.15) is 21.8 Å². The van der Waals surface area contributed by atoms with E-state index in [0.717, 1.165) is 35.6 Å². The van der Waals surface area contributed by atoms with Gasteiger partial charge < -0.3 is 14.8 Å². The van der Waals surface area contributed by atoms with Gasteiger partial charge in [-0.3, -0.25) is 18.6 Å². The highest BCUT2D eigenvalue weighted by atomic mass is 32.2. The van der Waals surface area contributed by atoms with Gasteiger partial charge in [0.2, 0.25) is 5.95 Å². The van der Waals surface area contributed by atoms with Gasteiger partial charge in [0.15, 0.2) is 0 Å². The molecule has 2 fully saturated rings. The molecule has 2 saturated heterocycles. The van der Waals surface area contributed by atoms with Gasteiger partial charge in [0, 0.05) is 97.5 Å². The maximum Gasteiger partial charge on any atom is 0.263 e. The van der Waals surface area contributed by atoms with Crippen molar-refractivity contribution in [2.45, 2.75) is 24.1 Å². The zero-order valence-corrected chi connectivity index (χ0v) is 27.2. The van der Waals surface area contributed by atoms with Gasteiger partial charge in [0.05, 0.1) is 17.4 Å². The fourth-order valence-corrected chi connectivity index (χ4v) is 8.31. The first-order chi connectivity index (χ1) is 21.8. The molecule has 2 aliphatic rings. The number of benzene rings is 1. The number of anilines is 2. The molecule has 0 spiro atoms. The van der Waals surface area contributed by atoms with Crippen molar-refractivity contribution in [1.82, 2.24) is 43.1 Å². The molecule has 1 N–H and O–H groups in total. The van der Waals surface area contributed by atoms with Gasteiger partial charge in [0.25, 0.3) is 5.56 Å². The van der Waals surface area contributed by atoms with Crippen LogP contribution in [0, 0.1) is 0 Å². The van der Waals surface area contributed by atoms with E-state index in [1.165, 1.54) is 5.56 Å². The number of rotatable bonds is 7. The van der Waals surface area contributed by atoms with Crippen LogP contribution in [0.4, 0.5) is 11.6 Å². The Bertz CT molecular complexity index is 1860. The highest BCUT2D eigenvalue weighted by Crippen LogP contribution is 2.34. The zero-order chi connectivity index (χ0) is 31.1. The Morgan fingerprint density at radius 2 is 1.87 bits per heavy atom. The number of imidazole rings is 1. The fourth-order valence-electron chi connectivity index (χ4n) is 6.17. The zero-order valence-electron chi connectivity index (χ0n) is 25.5. The maximum absolute atomic E-state index is 14.4. The molecule has 0 amide bonds. The van der Waals surface area contributed by atoms with E-state index in [9.17, 15) is 9.35 Å². The molecule has 6 heterocycles. The molecule has 14 heteroatoms. The van der Waals surface area contributed by atoms with E-state index in [2.05, 4.69) is 56.6 Å². The number of fused-ring (bicyclic) bond motifs is 1. The number of pyridine rings is 1. The number of aryl methyl sites for hydroxylation is 1. The number of nitrogens with zero attached hydrogens (tertiary/aromatic N) is 9. The van der Waals surface area contributed by atoms with Gasteiger partial charge in [-0.05, 0) is 43.7 Å². The smallest absolute Gasteiger partial charge is 0.263 e. The maximum atomic E-state index is 14.4. The lowest BCUT2D eigenvalue weighted by Gasteiger charge is -2.32. The fraction of sp³-hybridized carbons (Fsp3) is 0.387. The number of hydrogen-bond donors (Lipinski definition) is 1. The number of nitrogens with one attached hydrogen (secondary N) is 1. The second kappa shape index (κ2) is 12.6. The molecule has 4 aromatic heterocycles. The summed E-state index contributed by atoms with van der Waals surface area (Å²) in [6, 6.07) is 10.2. The van der Waals surface area contributed by atoms with Crippen molar-refractivity contribution < 1.29 is 4.55 Å². The Balaban J connectivity index is 1.25. The van der Waals surface area contributed by atoms with E-state index in [-0.39, 0.29) is 11.6 Å². The minimum absolute atomic E-state index is 0.116. The lowest BCUT2D eigenvalue weighted by Crippen LogP contribution is -2.40. The average Bonchev–Trinajstić information content (AvgIpc) is 3.70. The third kappa shape index (κ3) is 6.12. The van der Waals surface area contributed by atoms with E-state index < -0.39 is 11.4 Å². The minimum Gasteiger partial charge on any atom is -0.598 e. The first-order valence-electron chi connectivity index (χ1n) is 15.0. The molecular weight excluding hydrogens is 609 g/mol. The molecule has 5 aromatic rings. The van der Waals surface area contributed by atoms with Crippen molar-refractivity contribution in [1.29, 1.82) is 0 Å². The molecule has 2 aliphatic heterocycles. The van der Waals surface area contributed by atoms with Gasteiger partial charge in [-0.25, -0.2) is 9.97 Å². The molecule has 0 radical (unpaired) electrons. The van der Waals surface area contributed by atoms with Crippen LogP contribution in [0.5, 0.6) is 0 Å². The molecule has 2 unspecified atom stereocenters. The van der Waals surface area contributed by atoms with Gasteiger partial charge in [-0.1, -0.05) is 12.1 Å². The second-order valence-corrected chi connectivity index (χ2v) is 14.3. The van der Waals surface area contributed by atoms with E-state index in [4.69, 9.17) is 4.98 Å². The Labute approximate surface area is 268 Å². The third-order valence-electron chi connectivity index (χ3n) is 8.58. The summed E-state index contributed by atoms with van der Waals surface area (Å²) in [5.74, 6) is 2.09. The van der Waals surface area contributed by atoms with Gasteiger partial charge in [0.1, 0.15) is 17.7 Å². The van der Waals surface area contributed by atoms with Crippen LogP contribution in [-0.4, -0.2) is 92.9 Å². The van der Waals surface area contributed by atoms with Crippen LogP contribution in [0.1, 0.15) is 29.7 Å². The quantitative estimate of drug-likeness (QED) is 0.262. The van der Waals surface area contributed by atoms with Crippen molar-refractivity contribution in [2.24, 2.45) is 7.05 Å². The van der Waals surface area contributed by atoms with E-state index in [0.29, 0.717) is 54.2 Å². The van der Waals surface area contributed by atoms with Crippen molar-refractivity contribution in [2.75, 3.05) is 50.6 Å². The van der Waals surface area contributed by atoms with Crippen LogP contribution < -0.4 is 10.9 Å². The van der Waals surface area contributed by atoms with Crippen LogP contribution in [0.2, 0.25) is 0 Å². The SMILES string of the molecule is CN1CCSC(c2ccc(Nc3ncc4cc(-c5nccn5-c5cnn(C)c5)c(=O)n(C5CCN([S+](C)[O-])CC5)c4n3)cc2)C1. The average molecular weight is 645 g/mol. The molecule has 2 atom stereocenters. The Morgan fingerprint density at radius 3 is 2.58 bits per heavy atom. The topological polar surface area (TPSA) is 125 Å². The van der Waals surface area contributed by atoms with Crippen molar-refractivity contribution in [3.63, 3.8) is 0 Å². The van der Waals surface area contributed by atoms with Gasteiger partial charge in [-0.15, -0.1) is 4.31 Å². The normalized spacial score (nSPS) is 19.2. The third-order valence-corrected chi connectivity index (χ3v) is 10.9. The van der Waals surface area contributed by atoms with Gasteiger partial charge >= 0.3 is 0 Å². The Hall–Kier alpha value is -3.69. The Morgan fingerprint density at radius 1 is 1.07 bits per heavy atom. The number of piperidine rings is 1. The van der Waals surface area contributed by atoms with E-state index >= 15 is 0 Å². The van der Waals surface area contributed by atoms with E-state index in [1.807, 2.05) is 46.1 Å². The van der Waals surface area contributed by atoms with Crippen LogP contribution in [0.15, 0.2) is 66.1 Å². The molecule has 234 valence electrons. The largest absolute Gasteiger partial charge is 0.598 e. The van der Waals surface area contributed by atoms with Crippen LogP contribution >= 0.6 is 11.8 Å². The summed E-state index contributed by atoms with van der Waals surface area (Å²) >= 11 is 0.948. The predicted molar refractivity (Wildman–Crippen MR) is 179 cm³/mol. The molecular formula is C31H36N10O2S2. The summed E-state index contributed by atoms with van der Waals surface area (Å²) in [4.78, 5) is 30.9. The molecule has 0 aliphatic carbocycles. The van der Waals surface area contributed by atoms with E-state index in [1.54, 1.807) is 34.1 Å². The highest BCUT2D eigenvalue weighted by molar-refractivity contribution is 7.99. The summed E-state index contributed by atoms with van der Waals surface area (Å²) < 4.78 is 19.5. The number of likely N-dealkylation sites (N-methyl/N-ethyl adjacent to an activating group) is 1. The number of aromatic nitrogens is 7. The summed E-state index contributed by atoms with van der Waals surface area (Å²) in [7, 11) is 4.02. The van der Waals surface area contributed by atoms with Crippen LogP contribution in [0.3, 0.4) is 0 Å². The lowest BCUT2D eigenvalue weighted by atomic mass is 10.0. The first kappa shape index (κ1) is 30.0. The molecule has 1 aromatic carbocycles. The van der Waals surface area contributed by atoms with Crippen molar-refractivity contribution >= 4 is 45.8 Å². The lowest BCUT2D eigenvalue weighted by molar-refractivity contribution is 0.275. The summed E-state index contributed by atoms with van der Waals surface area (Å²) in [5, 5.41) is 8.85. The second-order valence-electron chi connectivity index (χ2n) is 11.7. The molecule has 0 bridgehead atoms. The number of hydrogen-bond acceptors (Lipinski definition) is 10. The number of thioether (sulfide) groups is 1. The van der Waals surface area contributed by atoms with Crippen LogP contribution in [0.25, 0.3) is 28.1 Å². The standard InChI is InChI=1S/C31H36N10O2S2/c1-37-14-15-44-27(20-37)21-4-6-23(7-5-21)35-31-33-17-22-16-26(29-32-10-13-40(29)25-18-34-38(2)19-25)30(42)41(28(22)36-31)24-8-11-39(12-9-24)45(3)43/h4-7,10,13,16-19,24,27H,8-9,11-12,14-15,20H2,1-3H3,(H,33,35,36). The highest BCUT2D eigenvalue weighted by Gasteiger charge is 2.29. The van der Waals surface area contributed by atoms with Crippen molar-refractivity contribution in [3.05, 3.63) is 77.2 Å². The minimum atomic E-state index is -1.05. The van der Waals surface area contributed by atoms with Crippen LogP contribution in [-0.2, 0) is 18.4 Å². The van der Waals surface area contributed by atoms with Crippen molar-refractivity contribution in [3.8, 4) is 17.1 Å². The molecule has 45 heavy (non-hydrogen) atoms. The first-order valence-corrected chi connectivity index (χ1v) is 17.6. The summed E-state index contributed by atoms with van der Waals surface area (Å²) in [6.07, 6.45) is 12.0. The summed E-state index contributed by atoms with van der Waals surface area (Å²) in [5.41, 5.74) is 3.86. The summed E-state index contributed by atoms with van der Waals surface area (Å²) in [6.45, 7) is 3.43.